The normalized spacial score (nSPS) is 21.5. The van der Waals surface area contributed by atoms with Gasteiger partial charge in [-0.1, -0.05) is 0 Å². The second-order valence-corrected chi connectivity index (χ2v) is 6.39. The van der Waals surface area contributed by atoms with E-state index in [1.807, 2.05) is 0 Å². The summed E-state index contributed by atoms with van der Waals surface area (Å²) in [6.07, 6.45) is 1.73. The van der Waals surface area contributed by atoms with Crippen molar-refractivity contribution >= 4 is 15.6 Å². The van der Waals surface area contributed by atoms with E-state index in [0.717, 1.165) is 12.8 Å². The average molecular weight is 205 g/mol. The van der Waals surface area contributed by atoms with E-state index in [1.54, 1.807) is 0 Å². The second-order valence-electron chi connectivity index (χ2n) is 3.84. The summed E-state index contributed by atoms with van der Waals surface area (Å²) in [6.45, 7) is 2.72. The topological polar surface area (TPSA) is 66.7 Å². The second kappa shape index (κ2) is 3.38. The fourth-order valence-corrected chi connectivity index (χ4v) is 3.33. The molecule has 13 heavy (non-hydrogen) atoms. The number of carbonyl (C=O) groups excluding carboxylic acids is 1. The Morgan fingerprint density at radius 3 is 2.23 bits per heavy atom. The zero-order chi connectivity index (χ0) is 10.1. The monoisotopic (exact) mass is 205 g/mol. The highest BCUT2D eigenvalue weighted by atomic mass is 32.2. The molecule has 0 aromatic carbocycles. The van der Waals surface area contributed by atoms with Crippen LogP contribution in [0.3, 0.4) is 0 Å². The molecule has 0 radical (unpaired) electrons. The largest absolute Gasteiger partial charge is 0.380 e. The van der Waals surface area contributed by atoms with E-state index < -0.39 is 21.2 Å². The predicted molar refractivity (Wildman–Crippen MR) is 50.8 cm³/mol. The Bertz CT molecular complexity index is 309. The first-order valence-electron chi connectivity index (χ1n) is 4.33. The molecular formula is C8H15NO3S. The Hall–Kier alpha value is -0.420. The quantitative estimate of drug-likeness (QED) is 0.679. The van der Waals surface area contributed by atoms with Gasteiger partial charge in [-0.3, -0.25) is 4.79 Å². The summed E-state index contributed by atoms with van der Waals surface area (Å²) in [7, 11) is -2.32. The van der Waals surface area contributed by atoms with Crippen LogP contribution in [0.25, 0.3) is 0 Å². The molecule has 1 amide bonds. The van der Waals surface area contributed by atoms with Gasteiger partial charge >= 0.3 is 0 Å². The van der Waals surface area contributed by atoms with Crippen molar-refractivity contribution in [2.24, 2.45) is 4.36 Å². The van der Waals surface area contributed by atoms with Crippen LogP contribution in [0.4, 0.5) is 0 Å². The van der Waals surface area contributed by atoms with Crippen LogP contribution >= 0.6 is 0 Å². The lowest BCUT2D eigenvalue weighted by molar-refractivity contribution is -0.132. The molecule has 1 N–H and O–H groups in total. The molecule has 5 heteroatoms. The first-order valence-corrected chi connectivity index (χ1v) is 6.18. The summed E-state index contributed by atoms with van der Waals surface area (Å²) >= 11 is 0. The third-order valence-corrected chi connectivity index (χ3v) is 4.30. The molecule has 0 saturated carbocycles. The van der Waals surface area contributed by atoms with Gasteiger partial charge in [0, 0.05) is 11.5 Å². The highest BCUT2D eigenvalue weighted by Crippen LogP contribution is 2.15. The van der Waals surface area contributed by atoms with E-state index in [4.69, 9.17) is 0 Å². The fourth-order valence-electron chi connectivity index (χ4n) is 1.11. The zero-order valence-electron chi connectivity index (χ0n) is 7.95. The van der Waals surface area contributed by atoms with Crippen molar-refractivity contribution in [3.8, 4) is 0 Å². The Morgan fingerprint density at radius 2 is 1.85 bits per heavy atom. The minimum absolute atomic E-state index is 0.495. The van der Waals surface area contributed by atoms with Crippen molar-refractivity contribution in [1.29, 1.82) is 0 Å². The summed E-state index contributed by atoms with van der Waals surface area (Å²) in [6, 6.07) is 0. The van der Waals surface area contributed by atoms with Gasteiger partial charge in [0.2, 0.25) is 0 Å². The van der Waals surface area contributed by atoms with Gasteiger partial charge in [0.15, 0.2) is 0 Å². The van der Waals surface area contributed by atoms with E-state index in [1.165, 1.54) is 13.8 Å². The van der Waals surface area contributed by atoms with Crippen LogP contribution in [0, 0.1) is 0 Å². The maximum atomic E-state index is 11.7. The van der Waals surface area contributed by atoms with Crippen LogP contribution in [0.1, 0.15) is 26.7 Å². The Morgan fingerprint density at radius 1 is 1.38 bits per heavy atom. The molecule has 0 aromatic rings. The van der Waals surface area contributed by atoms with Crippen LogP contribution in [0.15, 0.2) is 4.36 Å². The first kappa shape index (κ1) is 10.7. The van der Waals surface area contributed by atoms with Crippen LogP contribution < -0.4 is 0 Å². The third kappa shape index (κ3) is 2.77. The molecule has 4 nitrogen and oxygen atoms in total. The van der Waals surface area contributed by atoms with E-state index >= 15 is 0 Å². The maximum Gasteiger partial charge on any atom is 0.285 e. The molecule has 76 valence electrons. The highest BCUT2D eigenvalue weighted by Gasteiger charge is 2.26. The van der Waals surface area contributed by atoms with Crippen molar-refractivity contribution in [2.45, 2.75) is 32.3 Å². The number of amides is 1. The van der Waals surface area contributed by atoms with Crippen LogP contribution in [-0.2, 0) is 14.5 Å². The molecule has 0 atom stereocenters. The van der Waals surface area contributed by atoms with E-state index in [-0.39, 0.29) is 0 Å². The zero-order valence-corrected chi connectivity index (χ0v) is 8.76. The van der Waals surface area contributed by atoms with Crippen molar-refractivity contribution in [3.05, 3.63) is 0 Å². The van der Waals surface area contributed by atoms with Crippen molar-refractivity contribution in [2.75, 3.05) is 11.5 Å². The average Bonchev–Trinajstić information content (AvgIpc) is 2.33. The molecule has 0 spiro atoms. The number of nitrogens with zero attached hydrogens (tertiary/aromatic N) is 1. The lowest BCUT2D eigenvalue weighted by Crippen LogP contribution is -2.30. The summed E-state index contributed by atoms with van der Waals surface area (Å²) in [5, 5.41) is 9.29. The molecule has 0 aliphatic carbocycles. The molecular weight excluding hydrogens is 190 g/mol. The van der Waals surface area contributed by atoms with Crippen LogP contribution in [-0.4, -0.2) is 32.3 Å². The van der Waals surface area contributed by atoms with E-state index in [0.29, 0.717) is 11.5 Å². The Labute approximate surface area is 78.5 Å². The summed E-state index contributed by atoms with van der Waals surface area (Å²) < 4.78 is 15.4. The first-order chi connectivity index (χ1) is 5.83. The maximum absolute atomic E-state index is 11.7. The van der Waals surface area contributed by atoms with Gasteiger partial charge in [0.25, 0.3) is 5.91 Å². The Balaban J connectivity index is 2.88. The van der Waals surface area contributed by atoms with Gasteiger partial charge in [-0.2, -0.15) is 4.36 Å². The van der Waals surface area contributed by atoms with E-state index in [2.05, 4.69) is 4.36 Å². The van der Waals surface area contributed by atoms with Crippen molar-refractivity contribution < 1.29 is 14.1 Å². The van der Waals surface area contributed by atoms with Gasteiger partial charge in [-0.15, -0.1) is 0 Å². The minimum atomic E-state index is -2.32. The lowest BCUT2D eigenvalue weighted by Gasteiger charge is -2.12. The molecule has 1 fully saturated rings. The molecule has 0 unspecified atom stereocenters. The molecule has 1 aliphatic heterocycles. The summed E-state index contributed by atoms with van der Waals surface area (Å²) in [5.41, 5.74) is -1.49. The smallest absolute Gasteiger partial charge is 0.285 e. The van der Waals surface area contributed by atoms with Crippen LogP contribution in [0.5, 0.6) is 0 Å². The highest BCUT2D eigenvalue weighted by molar-refractivity contribution is 7.94. The summed E-state index contributed by atoms with van der Waals surface area (Å²) in [4.78, 5) is 11.2. The van der Waals surface area contributed by atoms with Gasteiger partial charge < -0.3 is 5.11 Å². The minimum Gasteiger partial charge on any atom is -0.380 e. The van der Waals surface area contributed by atoms with Gasteiger partial charge in [-0.25, -0.2) is 4.21 Å². The molecule has 0 aromatic heterocycles. The molecule has 1 saturated heterocycles. The predicted octanol–water partition coefficient (Wildman–Crippen LogP) is 0.546. The number of aliphatic hydroxyl groups is 1. The summed E-state index contributed by atoms with van der Waals surface area (Å²) in [5.74, 6) is 0.323. The molecule has 1 heterocycles. The number of hydrogen-bond acceptors (Lipinski definition) is 3. The SMILES string of the molecule is CC(C)(O)C(=O)N=S1(=O)CCCC1. The van der Waals surface area contributed by atoms with Crippen molar-refractivity contribution in [3.63, 3.8) is 0 Å². The molecule has 1 aliphatic rings. The van der Waals surface area contributed by atoms with E-state index in [9.17, 15) is 14.1 Å². The standard InChI is InChI=1S/C8H15NO3S/c1-8(2,11)7(10)9-13(12)5-3-4-6-13/h11H,3-6H2,1-2H3. The number of carbonyl (C=O) groups is 1. The number of rotatable bonds is 1. The molecule has 0 bridgehead atoms. The number of hydrogen-bond donors (Lipinski definition) is 1. The van der Waals surface area contributed by atoms with Gasteiger partial charge in [0.05, 0.1) is 9.73 Å². The lowest BCUT2D eigenvalue weighted by atomic mass is 10.1. The fraction of sp³-hybridized carbons (Fsp3) is 0.875. The van der Waals surface area contributed by atoms with Gasteiger partial charge in [0.1, 0.15) is 5.60 Å². The van der Waals surface area contributed by atoms with Gasteiger partial charge in [-0.05, 0) is 26.7 Å². The molecule has 1 rings (SSSR count). The van der Waals surface area contributed by atoms with Crippen LogP contribution in [0.2, 0.25) is 0 Å². The van der Waals surface area contributed by atoms with Crippen molar-refractivity contribution in [1.82, 2.24) is 0 Å². The third-order valence-electron chi connectivity index (χ3n) is 1.95. The Kier molecular flexibility index (Phi) is 2.77.